The third-order valence-corrected chi connectivity index (χ3v) is 6.85. The fraction of sp³-hybridized carbons (Fsp3) is 0.773. The van der Waals surface area contributed by atoms with Crippen LogP contribution in [0, 0.1) is 17.3 Å². The van der Waals surface area contributed by atoms with E-state index in [2.05, 4.69) is 11.7 Å². The van der Waals surface area contributed by atoms with Crippen LogP contribution in [0.4, 0.5) is 4.39 Å². The van der Waals surface area contributed by atoms with Crippen molar-refractivity contribution in [1.82, 2.24) is 0 Å². The predicted molar refractivity (Wildman–Crippen MR) is 103 cm³/mol. The molecule has 2 saturated carbocycles. The van der Waals surface area contributed by atoms with Crippen LogP contribution in [0.25, 0.3) is 0 Å². The zero-order chi connectivity index (χ0) is 20.3. The van der Waals surface area contributed by atoms with Gasteiger partial charge in [-0.15, -0.1) is 0 Å². The molecular weight excluding hydrogens is 363 g/mol. The number of carbonyl (C=O) groups excluding carboxylic acids is 1. The number of aliphatic hydroxyl groups excluding tert-OH is 2. The summed E-state index contributed by atoms with van der Waals surface area (Å²) in [5.74, 6) is -1.06. The minimum atomic E-state index is -1.22. The molecule has 2 N–H and O–H groups in total. The van der Waals surface area contributed by atoms with E-state index in [1.54, 1.807) is 18.2 Å². The van der Waals surface area contributed by atoms with Gasteiger partial charge in [-0.1, -0.05) is 44.1 Å². The molecule has 0 amide bonds. The lowest BCUT2D eigenvalue weighted by Gasteiger charge is -2.28. The molecule has 3 rings (SSSR count). The Morgan fingerprint density at radius 3 is 2.75 bits per heavy atom. The summed E-state index contributed by atoms with van der Waals surface area (Å²) in [5, 5.41) is 21.0. The maximum Gasteiger partial charge on any atom is 0.305 e. The summed E-state index contributed by atoms with van der Waals surface area (Å²) in [6, 6.07) is 0. The molecule has 3 aliphatic rings. The first kappa shape index (κ1) is 21.5. The largest absolute Gasteiger partial charge is 0.469 e. The van der Waals surface area contributed by atoms with E-state index < -0.39 is 30.4 Å². The van der Waals surface area contributed by atoms with Gasteiger partial charge in [-0.3, -0.25) is 4.79 Å². The van der Waals surface area contributed by atoms with Gasteiger partial charge in [0.1, 0.15) is 12.3 Å². The maximum atomic E-state index is 15.0. The highest BCUT2D eigenvalue weighted by molar-refractivity contribution is 5.69. The van der Waals surface area contributed by atoms with Crippen LogP contribution in [0.15, 0.2) is 24.3 Å². The first-order valence-electron chi connectivity index (χ1n) is 10.4. The molecule has 1 saturated heterocycles. The average Bonchev–Trinajstić information content (AvgIpc) is 3.33. The molecule has 158 valence electrons. The van der Waals surface area contributed by atoms with E-state index in [4.69, 9.17) is 4.74 Å². The summed E-state index contributed by atoms with van der Waals surface area (Å²) in [4.78, 5) is 11.1. The van der Waals surface area contributed by atoms with E-state index in [0.29, 0.717) is 12.8 Å². The average molecular weight is 396 g/mol. The maximum absolute atomic E-state index is 15.0. The number of hydrogen-bond acceptors (Lipinski definition) is 5. The van der Waals surface area contributed by atoms with Gasteiger partial charge in [0.15, 0.2) is 0 Å². The third kappa shape index (κ3) is 4.50. The van der Waals surface area contributed by atoms with Crippen molar-refractivity contribution in [1.29, 1.82) is 0 Å². The van der Waals surface area contributed by atoms with Gasteiger partial charge < -0.3 is 19.7 Å². The highest BCUT2D eigenvalue weighted by Crippen LogP contribution is 2.46. The van der Waals surface area contributed by atoms with Gasteiger partial charge in [0.05, 0.1) is 25.4 Å². The van der Waals surface area contributed by atoms with E-state index in [0.717, 1.165) is 25.7 Å². The second kappa shape index (κ2) is 9.06. The minimum Gasteiger partial charge on any atom is -0.469 e. The van der Waals surface area contributed by atoms with E-state index in [1.807, 2.05) is 6.08 Å². The number of halogens is 1. The van der Waals surface area contributed by atoms with Crippen molar-refractivity contribution < 1.29 is 28.9 Å². The molecule has 28 heavy (non-hydrogen) atoms. The molecule has 6 heteroatoms. The molecule has 0 bridgehead atoms. The van der Waals surface area contributed by atoms with Crippen molar-refractivity contribution in [3.63, 3.8) is 0 Å². The number of carbonyl (C=O) groups is 1. The normalized spacial score (nSPS) is 38.3. The van der Waals surface area contributed by atoms with E-state index in [1.165, 1.54) is 7.11 Å². The Hall–Kier alpha value is -1.24. The topological polar surface area (TPSA) is 76.0 Å². The van der Waals surface area contributed by atoms with E-state index in [-0.39, 0.29) is 29.8 Å². The zero-order valence-electron chi connectivity index (χ0n) is 16.8. The van der Waals surface area contributed by atoms with Gasteiger partial charge in [0.2, 0.25) is 0 Å². The Morgan fingerprint density at radius 1 is 1.36 bits per heavy atom. The summed E-state index contributed by atoms with van der Waals surface area (Å²) in [5.41, 5.74) is -0.119. The molecule has 0 aromatic heterocycles. The summed E-state index contributed by atoms with van der Waals surface area (Å²) in [7, 11) is 1.34. The molecule has 0 aromatic carbocycles. The quantitative estimate of drug-likeness (QED) is 0.511. The molecule has 1 aliphatic heterocycles. The molecule has 7 unspecified atom stereocenters. The third-order valence-electron chi connectivity index (χ3n) is 6.85. The summed E-state index contributed by atoms with van der Waals surface area (Å²) in [6.07, 6.45) is 8.93. The summed E-state index contributed by atoms with van der Waals surface area (Å²) in [6.45, 7) is 2.09. The van der Waals surface area contributed by atoms with Crippen molar-refractivity contribution in [2.75, 3.05) is 7.11 Å². The minimum absolute atomic E-state index is 0.119. The molecule has 7 atom stereocenters. The number of ether oxygens (including phenoxy) is 2. The van der Waals surface area contributed by atoms with Gasteiger partial charge in [-0.05, 0) is 24.7 Å². The Morgan fingerprint density at radius 2 is 2.07 bits per heavy atom. The number of rotatable bonds is 7. The number of hydrogen-bond donors (Lipinski definition) is 2. The number of aliphatic hydroxyl groups is 2. The van der Waals surface area contributed by atoms with Gasteiger partial charge in [0.25, 0.3) is 0 Å². The van der Waals surface area contributed by atoms with Crippen molar-refractivity contribution in [2.45, 2.75) is 82.5 Å². The standard InChI is InChI=1S/C22H33FO5/c1-22(11-5-6-12-22)18(25)10-9-14-15(24)13-17-20(14)21(23)16(28-17)7-3-4-8-19(26)27-2/h3,7,9-10,14-18,20-21,24-25H,4-6,8,11-13H2,1-2H3. The number of methoxy groups -OCH3 is 1. The van der Waals surface area contributed by atoms with Crippen molar-refractivity contribution in [3.8, 4) is 0 Å². The van der Waals surface area contributed by atoms with Gasteiger partial charge >= 0.3 is 5.97 Å². The Labute approximate surface area is 166 Å². The van der Waals surface area contributed by atoms with Crippen LogP contribution in [0.1, 0.15) is 51.9 Å². The Kier molecular flexibility index (Phi) is 6.94. The van der Waals surface area contributed by atoms with Crippen LogP contribution in [0.3, 0.4) is 0 Å². The Bertz CT molecular complexity index is 598. The SMILES string of the molecule is COC(=O)CCC=CC1OC2CC(O)C(C=CC(O)C3(C)CCCC3)C2C1F. The molecule has 0 aromatic rings. The van der Waals surface area contributed by atoms with Crippen LogP contribution in [-0.4, -0.2) is 53.9 Å². The fourth-order valence-corrected chi connectivity index (χ4v) is 5.00. The lowest BCUT2D eigenvalue weighted by atomic mass is 9.81. The van der Waals surface area contributed by atoms with Crippen LogP contribution in [0.5, 0.6) is 0 Å². The second-order valence-corrected chi connectivity index (χ2v) is 8.78. The second-order valence-electron chi connectivity index (χ2n) is 8.78. The lowest BCUT2D eigenvalue weighted by Crippen LogP contribution is -2.30. The molecular formula is C22H33FO5. The van der Waals surface area contributed by atoms with E-state index >= 15 is 4.39 Å². The first-order valence-corrected chi connectivity index (χ1v) is 10.4. The van der Waals surface area contributed by atoms with Crippen LogP contribution >= 0.6 is 0 Å². The summed E-state index contributed by atoms with van der Waals surface area (Å²) >= 11 is 0. The Balaban J connectivity index is 1.59. The van der Waals surface area contributed by atoms with Gasteiger partial charge in [0, 0.05) is 24.7 Å². The number of fused-ring (bicyclic) bond motifs is 1. The number of alkyl halides is 1. The van der Waals surface area contributed by atoms with Gasteiger partial charge in [-0.25, -0.2) is 4.39 Å². The van der Waals surface area contributed by atoms with Crippen molar-refractivity contribution in [3.05, 3.63) is 24.3 Å². The van der Waals surface area contributed by atoms with Crippen molar-refractivity contribution >= 4 is 5.97 Å². The first-order chi connectivity index (χ1) is 13.4. The summed E-state index contributed by atoms with van der Waals surface area (Å²) < 4.78 is 25.5. The fourth-order valence-electron chi connectivity index (χ4n) is 5.00. The molecule has 0 radical (unpaired) electrons. The smallest absolute Gasteiger partial charge is 0.305 e. The van der Waals surface area contributed by atoms with Crippen LogP contribution in [0.2, 0.25) is 0 Å². The van der Waals surface area contributed by atoms with Crippen LogP contribution in [-0.2, 0) is 14.3 Å². The molecule has 3 fully saturated rings. The molecule has 1 heterocycles. The lowest BCUT2D eigenvalue weighted by molar-refractivity contribution is -0.140. The molecule has 5 nitrogen and oxygen atoms in total. The number of esters is 1. The van der Waals surface area contributed by atoms with Gasteiger partial charge in [-0.2, -0.15) is 0 Å². The van der Waals surface area contributed by atoms with Crippen molar-refractivity contribution in [2.24, 2.45) is 17.3 Å². The van der Waals surface area contributed by atoms with E-state index in [9.17, 15) is 15.0 Å². The predicted octanol–water partition coefficient (Wildman–Crippen LogP) is 3.10. The monoisotopic (exact) mass is 396 g/mol. The van der Waals surface area contributed by atoms with Crippen LogP contribution < -0.4 is 0 Å². The number of allylic oxidation sites excluding steroid dienone is 1. The zero-order valence-corrected chi connectivity index (χ0v) is 16.8. The molecule has 0 spiro atoms. The highest BCUT2D eigenvalue weighted by Gasteiger charge is 2.54. The highest BCUT2D eigenvalue weighted by atomic mass is 19.1. The molecule has 2 aliphatic carbocycles.